The standard InChI is InChI=1S/C11H11BrIN3O/c12-10-9-7(4-5-14-10)11(13)15-16(9)8-3-1-2-6-17-8/h4-5,8H,1-3,6H2. The van der Waals surface area contributed by atoms with Crippen molar-refractivity contribution >= 4 is 49.4 Å². The second-order valence-corrected chi connectivity index (χ2v) is 5.83. The minimum atomic E-state index is 0.0512. The normalized spacial score (nSPS) is 20.9. The second kappa shape index (κ2) is 4.81. The lowest BCUT2D eigenvalue weighted by Gasteiger charge is -2.23. The summed E-state index contributed by atoms with van der Waals surface area (Å²) in [5.74, 6) is 0. The van der Waals surface area contributed by atoms with Crippen LogP contribution in [0.3, 0.4) is 0 Å². The number of halogens is 2. The summed E-state index contributed by atoms with van der Waals surface area (Å²) in [5.41, 5.74) is 1.03. The van der Waals surface area contributed by atoms with E-state index in [1.807, 2.05) is 10.7 Å². The average molecular weight is 408 g/mol. The van der Waals surface area contributed by atoms with Gasteiger partial charge in [0.2, 0.25) is 0 Å². The molecule has 1 fully saturated rings. The van der Waals surface area contributed by atoms with E-state index in [9.17, 15) is 0 Å². The number of aromatic nitrogens is 3. The zero-order valence-corrected chi connectivity index (χ0v) is 12.8. The summed E-state index contributed by atoms with van der Waals surface area (Å²) in [7, 11) is 0. The summed E-state index contributed by atoms with van der Waals surface area (Å²) < 4.78 is 9.58. The maximum absolute atomic E-state index is 5.79. The van der Waals surface area contributed by atoms with Gasteiger partial charge in [0, 0.05) is 18.2 Å². The molecule has 0 aromatic carbocycles. The van der Waals surface area contributed by atoms with E-state index < -0.39 is 0 Å². The summed E-state index contributed by atoms with van der Waals surface area (Å²) >= 11 is 5.75. The summed E-state index contributed by atoms with van der Waals surface area (Å²) in [6.07, 6.45) is 5.21. The first-order valence-corrected chi connectivity index (χ1v) is 7.44. The highest BCUT2D eigenvalue weighted by Gasteiger charge is 2.21. The Morgan fingerprint density at radius 1 is 1.47 bits per heavy atom. The lowest BCUT2D eigenvalue weighted by molar-refractivity contribution is -0.0369. The van der Waals surface area contributed by atoms with Crippen LogP contribution in [0.4, 0.5) is 0 Å². The lowest BCUT2D eigenvalue weighted by Crippen LogP contribution is -2.19. The third-order valence-electron chi connectivity index (χ3n) is 2.95. The molecule has 90 valence electrons. The Morgan fingerprint density at radius 3 is 3.12 bits per heavy atom. The molecule has 0 saturated carbocycles. The maximum Gasteiger partial charge on any atom is 0.151 e. The van der Waals surface area contributed by atoms with E-state index in [4.69, 9.17) is 4.74 Å². The Labute approximate surface area is 121 Å². The van der Waals surface area contributed by atoms with Crippen molar-refractivity contribution < 1.29 is 4.74 Å². The van der Waals surface area contributed by atoms with Crippen molar-refractivity contribution in [1.29, 1.82) is 0 Å². The van der Waals surface area contributed by atoms with Crippen LogP contribution in [0.25, 0.3) is 10.9 Å². The minimum Gasteiger partial charge on any atom is -0.356 e. The van der Waals surface area contributed by atoms with Gasteiger partial charge in [-0.1, -0.05) is 0 Å². The van der Waals surface area contributed by atoms with E-state index >= 15 is 0 Å². The highest BCUT2D eigenvalue weighted by molar-refractivity contribution is 14.1. The third kappa shape index (κ3) is 2.10. The van der Waals surface area contributed by atoms with Gasteiger partial charge in [0.05, 0.1) is 0 Å². The Balaban J connectivity index is 2.15. The van der Waals surface area contributed by atoms with Gasteiger partial charge in [0.1, 0.15) is 13.8 Å². The fourth-order valence-corrected chi connectivity index (χ4v) is 3.32. The van der Waals surface area contributed by atoms with Crippen molar-refractivity contribution in [3.8, 4) is 0 Å². The van der Waals surface area contributed by atoms with E-state index in [-0.39, 0.29) is 6.23 Å². The van der Waals surface area contributed by atoms with Gasteiger partial charge in [-0.25, -0.2) is 9.67 Å². The van der Waals surface area contributed by atoms with E-state index in [2.05, 4.69) is 48.6 Å². The van der Waals surface area contributed by atoms with E-state index in [1.165, 1.54) is 6.42 Å². The lowest BCUT2D eigenvalue weighted by atomic mass is 10.2. The molecule has 17 heavy (non-hydrogen) atoms. The van der Waals surface area contributed by atoms with Crippen molar-refractivity contribution in [2.75, 3.05) is 6.61 Å². The van der Waals surface area contributed by atoms with Crippen LogP contribution in [0.5, 0.6) is 0 Å². The summed E-state index contributed by atoms with van der Waals surface area (Å²) in [5, 5.41) is 5.71. The smallest absolute Gasteiger partial charge is 0.151 e. The van der Waals surface area contributed by atoms with Gasteiger partial charge in [-0.3, -0.25) is 0 Å². The molecular weight excluding hydrogens is 397 g/mol. The van der Waals surface area contributed by atoms with Crippen LogP contribution in [0.2, 0.25) is 0 Å². The maximum atomic E-state index is 5.79. The van der Waals surface area contributed by atoms with Crippen LogP contribution in [-0.4, -0.2) is 21.4 Å². The molecule has 1 aliphatic rings. The molecule has 0 amide bonds. The van der Waals surface area contributed by atoms with Crippen LogP contribution in [0.1, 0.15) is 25.5 Å². The number of hydrogen-bond acceptors (Lipinski definition) is 3. The zero-order valence-electron chi connectivity index (χ0n) is 9.07. The SMILES string of the molecule is Brc1nccc2c(I)nn(C3CCCCO3)c12. The molecule has 0 spiro atoms. The average Bonchev–Trinajstić information content (AvgIpc) is 2.70. The molecule has 1 saturated heterocycles. The highest BCUT2D eigenvalue weighted by atomic mass is 127. The minimum absolute atomic E-state index is 0.0512. The first kappa shape index (κ1) is 11.9. The number of nitrogens with zero attached hydrogens (tertiary/aromatic N) is 3. The Morgan fingerprint density at radius 2 is 2.35 bits per heavy atom. The summed E-state index contributed by atoms with van der Waals surface area (Å²) in [6.45, 7) is 0.820. The van der Waals surface area contributed by atoms with Crippen LogP contribution in [-0.2, 0) is 4.74 Å². The molecule has 3 rings (SSSR count). The molecule has 0 bridgehead atoms. The van der Waals surface area contributed by atoms with Gasteiger partial charge < -0.3 is 4.74 Å². The molecule has 1 aliphatic heterocycles. The predicted octanol–water partition coefficient (Wildman–Crippen LogP) is 3.50. The van der Waals surface area contributed by atoms with Crippen LogP contribution in [0, 0.1) is 3.70 Å². The third-order valence-corrected chi connectivity index (χ3v) is 4.33. The van der Waals surface area contributed by atoms with Gasteiger partial charge >= 0.3 is 0 Å². The van der Waals surface area contributed by atoms with Gasteiger partial charge in [-0.2, -0.15) is 5.10 Å². The molecule has 0 N–H and O–H groups in total. The summed E-state index contributed by atoms with van der Waals surface area (Å²) in [4.78, 5) is 4.27. The van der Waals surface area contributed by atoms with Crippen LogP contribution < -0.4 is 0 Å². The Kier molecular flexibility index (Phi) is 3.36. The topological polar surface area (TPSA) is 39.9 Å². The Bertz CT molecular complexity index is 551. The number of ether oxygens (including phenoxy) is 1. The molecule has 4 nitrogen and oxygen atoms in total. The summed E-state index contributed by atoms with van der Waals surface area (Å²) in [6, 6.07) is 1.99. The predicted molar refractivity (Wildman–Crippen MR) is 76.8 cm³/mol. The molecule has 6 heteroatoms. The fourth-order valence-electron chi connectivity index (χ4n) is 2.14. The number of pyridine rings is 1. The van der Waals surface area contributed by atoms with E-state index in [0.717, 1.165) is 38.7 Å². The number of fused-ring (bicyclic) bond motifs is 1. The Hall–Kier alpha value is -0.210. The van der Waals surface area contributed by atoms with Gasteiger partial charge in [0.25, 0.3) is 0 Å². The van der Waals surface area contributed by atoms with E-state index in [1.54, 1.807) is 6.20 Å². The molecule has 2 aromatic rings. The van der Waals surface area contributed by atoms with Crippen LogP contribution in [0.15, 0.2) is 16.9 Å². The number of hydrogen-bond donors (Lipinski definition) is 0. The molecule has 0 radical (unpaired) electrons. The van der Waals surface area contributed by atoms with Crippen molar-refractivity contribution in [1.82, 2.24) is 14.8 Å². The van der Waals surface area contributed by atoms with Gasteiger partial charge in [-0.05, 0) is 63.8 Å². The number of rotatable bonds is 1. The molecule has 0 aliphatic carbocycles. The first-order valence-electron chi connectivity index (χ1n) is 5.57. The van der Waals surface area contributed by atoms with Crippen LogP contribution >= 0.6 is 38.5 Å². The van der Waals surface area contributed by atoms with Crippen molar-refractivity contribution in [2.24, 2.45) is 0 Å². The van der Waals surface area contributed by atoms with E-state index in [0.29, 0.717) is 0 Å². The zero-order chi connectivity index (χ0) is 11.8. The quantitative estimate of drug-likeness (QED) is 0.536. The van der Waals surface area contributed by atoms with Crippen molar-refractivity contribution in [3.05, 3.63) is 20.6 Å². The van der Waals surface area contributed by atoms with Crippen molar-refractivity contribution in [2.45, 2.75) is 25.5 Å². The molecular formula is C11H11BrIN3O. The highest BCUT2D eigenvalue weighted by Crippen LogP contribution is 2.31. The molecule has 2 aromatic heterocycles. The molecule has 1 unspecified atom stereocenters. The molecule has 1 atom stereocenters. The van der Waals surface area contributed by atoms with Crippen molar-refractivity contribution in [3.63, 3.8) is 0 Å². The monoisotopic (exact) mass is 407 g/mol. The first-order chi connectivity index (χ1) is 8.27. The van der Waals surface area contributed by atoms with Gasteiger partial charge in [-0.15, -0.1) is 0 Å². The largest absolute Gasteiger partial charge is 0.356 e. The molecule has 3 heterocycles. The fraction of sp³-hybridized carbons (Fsp3) is 0.455. The second-order valence-electron chi connectivity index (χ2n) is 4.05. The van der Waals surface area contributed by atoms with Gasteiger partial charge in [0.15, 0.2) is 6.23 Å².